The van der Waals surface area contributed by atoms with Crippen molar-refractivity contribution in [1.29, 1.82) is 0 Å². The molecule has 1 atom stereocenters. The molecule has 1 aromatic heterocycles. The quantitative estimate of drug-likeness (QED) is 0.800. The predicted molar refractivity (Wildman–Crippen MR) is 82.8 cm³/mol. The van der Waals surface area contributed by atoms with Gasteiger partial charge in [0.2, 0.25) is 5.88 Å². The summed E-state index contributed by atoms with van der Waals surface area (Å²) in [5.74, 6) is -1.58. The number of ether oxygens (including phenoxy) is 1. The van der Waals surface area contributed by atoms with Gasteiger partial charge in [-0.1, -0.05) is 23.7 Å². The lowest BCUT2D eigenvalue weighted by Gasteiger charge is -2.26. The summed E-state index contributed by atoms with van der Waals surface area (Å²) >= 11 is 5.79. The Morgan fingerprint density at radius 3 is 2.67 bits per heavy atom. The molecule has 1 unspecified atom stereocenters. The van der Waals surface area contributed by atoms with Crippen LogP contribution < -0.4 is 4.74 Å². The van der Waals surface area contributed by atoms with Crippen LogP contribution in [-0.4, -0.2) is 29.5 Å². The van der Waals surface area contributed by atoms with E-state index in [9.17, 15) is 18.0 Å². The lowest BCUT2D eigenvalue weighted by atomic mass is 10.1. The molecule has 0 spiro atoms. The Hall–Kier alpha value is -2.28. The molecule has 0 saturated carbocycles. The summed E-state index contributed by atoms with van der Waals surface area (Å²) in [7, 11) is 1.46. The van der Waals surface area contributed by atoms with Crippen LogP contribution in [0, 0.1) is 5.82 Å². The first-order chi connectivity index (χ1) is 11.3. The van der Waals surface area contributed by atoms with Crippen molar-refractivity contribution >= 4 is 17.5 Å². The number of halogens is 4. The highest BCUT2D eigenvalue weighted by atomic mass is 35.5. The molecule has 2 aromatic rings. The first kappa shape index (κ1) is 18.1. The molecule has 128 valence electrons. The van der Waals surface area contributed by atoms with Gasteiger partial charge in [0.25, 0.3) is 5.91 Å². The van der Waals surface area contributed by atoms with Gasteiger partial charge >= 0.3 is 6.61 Å². The summed E-state index contributed by atoms with van der Waals surface area (Å²) in [5.41, 5.74) is 0.353. The highest BCUT2D eigenvalue weighted by Crippen LogP contribution is 2.26. The maximum absolute atomic E-state index is 13.3. The molecular formula is C16H14ClF3N2O2. The van der Waals surface area contributed by atoms with Crippen LogP contribution in [0.25, 0.3) is 0 Å². The summed E-state index contributed by atoms with van der Waals surface area (Å²) in [6.07, 6.45) is 1.10. The molecule has 0 aliphatic heterocycles. The average molecular weight is 359 g/mol. The fourth-order valence-corrected chi connectivity index (χ4v) is 2.27. The molecule has 0 aliphatic carbocycles. The number of pyridine rings is 1. The van der Waals surface area contributed by atoms with Gasteiger partial charge in [0, 0.05) is 13.2 Å². The third-order valence-corrected chi connectivity index (χ3v) is 3.69. The van der Waals surface area contributed by atoms with Crippen molar-refractivity contribution in [2.45, 2.75) is 19.6 Å². The monoisotopic (exact) mass is 358 g/mol. The smallest absolute Gasteiger partial charge is 0.388 e. The molecule has 0 radical (unpaired) electrons. The van der Waals surface area contributed by atoms with E-state index in [1.54, 1.807) is 13.0 Å². The second-order valence-electron chi connectivity index (χ2n) is 5.03. The number of hydrogen-bond donors (Lipinski definition) is 0. The summed E-state index contributed by atoms with van der Waals surface area (Å²) in [5, 5.41) is 0.103. The second kappa shape index (κ2) is 7.53. The topological polar surface area (TPSA) is 42.4 Å². The van der Waals surface area contributed by atoms with Crippen molar-refractivity contribution in [1.82, 2.24) is 9.88 Å². The molecule has 1 amide bonds. The Labute approximate surface area is 141 Å². The van der Waals surface area contributed by atoms with E-state index in [1.165, 1.54) is 36.2 Å². The molecule has 0 bridgehead atoms. The minimum Gasteiger partial charge on any atom is -0.416 e. The lowest BCUT2D eigenvalue weighted by Crippen LogP contribution is -2.30. The molecule has 2 rings (SSSR count). The van der Waals surface area contributed by atoms with Gasteiger partial charge in [-0.25, -0.2) is 9.37 Å². The minimum absolute atomic E-state index is 0.103. The van der Waals surface area contributed by atoms with Gasteiger partial charge in [0.05, 0.1) is 11.1 Å². The lowest BCUT2D eigenvalue weighted by molar-refractivity contribution is -0.0533. The third kappa shape index (κ3) is 4.17. The van der Waals surface area contributed by atoms with Gasteiger partial charge in [0.1, 0.15) is 11.4 Å². The normalized spacial score (nSPS) is 12.1. The van der Waals surface area contributed by atoms with Crippen molar-refractivity contribution in [2.24, 2.45) is 0 Å². The van der Waals surface area contributed by atoms with Crippen LogP contribution in [0.4, 0.5) is 13.2 Å². The van der Waals surface area contributed by atoms with Crippen LogP contribution in [-0.2, 0) is 0 Å². The first-order valence-corrected chi connectivity index (χ1v) is 7.30. The standard InChI is InChI=1S/C16H14ClF3N2O2/c1-9(10-4-3-5-12(18)6-10)22(2)15(23)13-7-11(17)8-21-14(13)24-16(19)20/h3-9,16H,1-2H3. The second-order valence-corrected chi connectivity index (χ2v) is 5.47. The summed E-state index contributed by atoms with van der Waals surface area (Å²) in [4.78, 5) is 17.5. The summed E-state index contributed by atoms with van der Waals surface area (Å²) in [6.45, 7) is -1.45. The zero-order valence-electron chi connectivity index (χ0n) is 12.8. The number of alkyl halides is 2. The Bertz CT molecular complexity index is 743. The van der Waals surface area contributed by atoms with Crippen molar-refractivity contribution in [3.05, 3.63) is 58.5 Å². The number of amides is 1. The highest BCUT2D eigenvalue weighted by Gasteiger charge is 2.24. The van der Waals surface area contributed by atoms with Crippen LogP contribution in [0.15, 0.2) is 36.5 Å². The molecule has 1 heterocycles. The fraction of sp³-hybridized carbons (Fsp3) is 0.250. The van der Waals surface area contributed by atoms with Crippen molar-refractivity contribution in [2.75, 3.05) is 7.05 Å². The Morgan fingerprint density at radius 2 is 2.04 bits per heavy atom. The molecule has 0 saturated heterocycles. The maximum atomic E-state index is 13.3. The van der Waals surface area contributed by atoms with E-state index in [1.807, 2.05) is 0 Å². The number of aromatic nitrogens is 1. The molecule has 8 heteroatoms. The van der Waals surface area contributed by atoms with Crippen LogP contribution >= 0.6 is 11.6 Å². The van der Waals surface area contributed by atoms with Gasteiger partial charge in [-0.2, -0.15) is 8.78 Å². The molecular weight excluding hydrogens is 345 g/mol. The summed E-state index contributed by atoms with van der Waals surface area (Å²) < 4.78 is 42.6. The fourth-order valence-electron chi connectivity index (χ4n) is 2.11. The van der Waals surface area contributed by atoms with Gasteiger partial charge in [-0.15, -0.1) is 0 Å². The van der Waals surface area contributed by atoms with E-state index in [0.717, 1.165) is 6.20 Å². The van der Waals surface area contributed by atoms with Crippen LogP contribution in [0.3, 0.4) is 0 Å². The number of carbonyl (C=O) groups excluding carboxylic acids is 1. The van der Waals surface area contributed by atoms with Crippen LogP contribution in [0.2, 0.25) is 5.02 Å². The number of hydrogen-bond acceptors (Lipinski definition) is 3. The number of nitrogens with zero attached hydrogens (tertiary/aromatic N) is 2. The van der Waals surface area contributed by atoms with E-state index in [2.05, 4.69) is 9.72 Å². The first-order valence-electron chi connectivity index (χ1n) is 6.92. The Morgan fingerprint density at radius 1 is 1.33 bits per heavy atom. The number of benzene rings is 1. The molecule has 4 nitrogen and oxygen atoms in total. The van der Waals surface area contributed by atoms with Crippen LogP contribution in [0.1, 0.15) is 28.9 Å². The molecule has 0 fully saturated rings. The van der Waals surface area contributed by atoms with Crippen molar-refractivity contribution in [3.8, 4) is 5.88 Å². The predicted octanol–water partition coefficient (Wildman–Crippen LogP) is 4.31. The zero-order valence-corrected chi connectivity index (χ0v) is 13.6. The van der Waals surface area contributed by atoms with Gasteiger partial charge < -0.3 is 9.64 Å². The van der Waals surface area contributed by atoms with E-state index in [4.69, 9.17) is 11.6 Å². The van der Waals surface area contributed by atoms with Gasteiger partial charge in [0.15, 0.2) is 0 Å². The highest BCUT2D eigenvalue weighted by molar-refractivity contribution is 6.30. The van der Waals surface area contributed by atoms with Gasteiger partial charge in [-0.05, 0) is 30.7 Å². The SMILES string of the molecule is CC(c1cccc(F)c1)N(C)C(=O)c1cc(Cl)cnc1OC(F)F. The summed E-state index contributed by atoms with van der Waals surface area (Å²) in [6, 6.07) is 6.44. The van der Waals surface area contributed by atoms with E-state index >= 15 is 0 Å². The maximum Gasteiger partial charge on any atom is 0.388 e. The number of carbonyl (C=O) groups is 1. The zero-order chi connectivity index (χ0) is 17.9. The Kier molecular flexibility index (Phi) is 5.66. The minimum atomic E-state index is -3.13. The van der Waals surface area contributed by atoms with E-state index in [0.29, 0.717) is 5.56 Å². The van der Waals surface area contributed by atoms with Gasteiger partial charge in [-0.3, -0.25) is 4.79 Å². The van der Waals surface area contributed by atoms with Crippen molar-refractivity contribution in [3.63, 3.8) is 0 Å². The Balaban J connectivity index is 2.32. The molecule has 0 aliphatic rings. The number of rotatable bonds is 5. The van der Waals surface area contributed by atoms with E-state index < -0.39 is 30.3 Å². The molecule has 24 heavy (non-hydrogen) atoms. The largest absolute Gasteiger partial charge is 0.416 e. The molecule has 0 N–H and O–H groups in total. The van der Waals surface area contributed by atoms with Crippen molar-refractivity contribution < 1.29 is 22.7 Å². The average Bonchev–Trinajstić information content (AvgIpc) is 2.54. The third-order valence-electron chi connectivity index (χ3n) is 3.48. The molecule has 1 aromatic carbocycles. The van der Waals surface area contributed by atoms with E-state index in [-0.39, 0.29) is 10.6 Å². The van der Waals surface area contributed by atoms with Crippen LogP contribution in [0.5, 0.6) is 5.88 Å².